The van der Waals surface area contributed by atoms with Crippen molar-refractivity contribution in [2.75, 3.05) is 6.61 Å². The lowest BCUT2D eigenvalue weighted by Crippen LogP contribution is -2.44. The van der Waals surface area contributed by atoms with Crippen LogP contribution in [-0.4, -0.2) is 17.8 Å². The second-order valence-corrected chi connectivity index (χ2v) is 7.71. The van der Waals surface area contributed by atoms with E-state index in [2.05, 4.69) is 67.8 Å². The molecule has 0 fully saturated rings. The first-order chi connectivity index (χ1) is 14.0. The fourth-order valence-electron chi connectivity index (χ4n) is 3.32. The van der Waals surface area contributed by atoms with E-state index in [1.807, 2.05) is 42.5 Å². The smallest absolute Gasteiger partial charge is 0.167 e. The number of ether oxygens (including phenoxy) is 1. The van der Waals surface area contributed by atoms with Crippen molar-refractivity contribution in [2.45, 2.75) is 32.9 Å². The van der Waals surface area contributed by atoms with Crippen molar-refractivity contribution in [2.24, 2.45) is 0 Å². The van der Waals surface area contributed by atoms with Gasteiger partial charge in [0.15, 0.2) is 5.11 Å². The summed E-state index contributed by atoms with van der Waals surface area (Å²) < 4.78 is 6.05. The highest BCUT2D eigenvalue weighted by Crippen LogP contribution is 2.23. The van der Waals surface area contributed by atoms with E-state index in [1.165, 1.54) is 11.1 Å². The van der Waals surface area contributed by atoms with Gasteiger partial charge in [0, 0.05) is 0 Å². The molecular formula is C25H28N2OS. The largest absolute Gasteiger partial charge is 0.491 e. The Hall–Kier alpha value is -2.85. The van der Waals surface area contributed by atoms with Crippen molar-refractivity contribution < 1.29 is 4.74 Å². The van der Waals surface area contributed by atoms with Crippen molar-refractivity contribution in [3.63, 3.8) is 0 Å². The van der Waals surface area contributed by atoms with Gasteiger partial charge in [-0.2, -0.15) is 0 Å². The molecule has 0 aliphatic heterocycles. The minimum Gasteiger partial charge on any atom is -0.491 e. The summed E-state index contributed by atoms with van der Waals surface area (Å²) >= 11 is 5.61. The molecule has 0 radical (unpaired) electrons. The number of nitrogens with one attached hydrogen (secondary N) is 2. The first-order valence-corrected chi connectivity index (χ1v) is 10.3. The van der Waals surface area contributed by atoms with Crippen molar-refractivity contribution in [3.8, 4) is 5.75 Å². The summed E-state index contributed by atoms with van der Waals surface area (Å²) in [5.41, 5.74) is 4.63. The molecule has 0 aliphatic carbocycles. The van der Waals surface area contributed by atoms with Gasteiger partial charge < -0.3 is 15.4 Å². The van der Waals surface area contributed by atoms with Gasteiger partial charge in [0.1, 0.15) is 12.4 Å². The monoisotopic (exact) mass is 404 g/mol. The van der Waals surface area contributed by atoms with Gasteiger partial charge >= 0.3 is 0 Å². The molecule has 4 heteroatoms. The number of para-hydroxylation sites is 1. The average molecular weight is 405 g/mol. The minimum atomic E-state index is -0.0101. The second-order valence-electron chi connectivity index (χ2n) is 7.31. The van der Waals surface area contributed by atoms with E-state index in [0.717, 1.165) is 16.9 Å². The van der Waals surface area contributed by atoms with Crippen molar-refractivity contribution in [1.29, 1.82) is 0 Å². The van der Waals surface area contributed by atoms with Gasteiger partial charge in [-0.3, -0.25) is 0 Å². The van der Waals surface area contributed by atoms with Crippen molar-refractivity contribution >= 4 is 17.3 Å². The van der Waals surface area contributed by atoms with Crippen LogP contribution in [0.1, 0.15) is 35.2 Å². The van der Waals surface area contributed by atoms with Crippen LogP contribution < -0.4 is 15.4 Å². The summed E-state index contributed by atoms with van der Waals surface area (Å²) in [6.07, 6.45) is 0. The van der Waals surface area contributed by atoms with E-state index in [0.29, 0.717) is 11.7 Å². The predicted octanol–water partition coefficient (Wildman–Crippen LogP) is 5.32. The Balaban J connectivity index is 1.63. The van der Waals surface area contributed by atoms with E-state index in [-0.39, 0.29) is 12.1 Å². The summed E-state index contributed by atoms with van der Waals surface area (Å²) in [7, 11) is 0. The average Bonchev–Trinajstić information content (AvgIpc) is 2.73. The molecule has 0 bridgehead atoms. The van der Waals surface area contributed by atoms with E-state index < -0.39 is 0 Å². The summed E-state index contributed by atoms with van der Waals surface area (Å²) in [4.78, 5) is 0. The Bertz CT molecular complexity index is 868. The van der Waals surface area contributed by atoms with Gasteiger partial charge in [0.25, 0.3) is 0 Å². The maximum Gasteiger partial charge on any atom is 0.167 e. The van der Waals surface area contributed by atoms with E-state index in [9.17, 15) is 0 Å². The molecule has 0 amide bonds. The van der Waals surface area contributed by atoms with Crippen LogP contribution in [-0.2, 0) is 0 Å². The third-order valence-electron chi connectivity index (χ3n) is 4.81. The molecule has 0 saturated heterocycles. The predicted molar refractivity (Wildman–Crippen MR) is 124 cm³/mol. The molecule has 0 saturated carbocycles. The summed E-state index contributed by atoms with van der Waals surface area (Å²) in [5.74, 6) is 0.950. The standard InChI is InChI=1S/C25H28N2OS/c1-18-11-10-12-19(2)24(18)28-17-20(3)26-25(29)27-23(21-13-6-4-7-14-21)22-15-8-5-9-16-22/h4-16,20,23H,17H2,1-3H3,(H2,26,27,29). The molecular weight excluding hydrogens is 376 g/mol. The lowest BCUT2D eigenvalue weighted by atomic mass is 9.99. The molecule has 3 rings (SSSR count). The molecule has 3 aromatic carbocycles. The van der Waals surface area contributed by atoms with E-state index in [1.54, 1.807) is 0 Å². The van der Waals surface area contributed by atoms with Crippen molar-refractivity contribution in [1.82, 2.24) is 10.6 Å². The third-order valence-corrected chi connectivity index (χ3v) is 5.04. The van der Waals surface area contributed by atoms with E-state index >= 15 is 0 Å². The highest BCUT2D eigenvalue weighted by atomic mass is 32.1. The quantitative estimate of drug-likeness (QED) is 0.522. The molecule has 0 aromatic heterocycles. The zero-order valence-corrected chi connectivity index (χ0v) is 18.0. The fourth-order valence-corrected chi connectivity index (χ4v) is 3.64. The Morgan fingerprint density at radius 3 is 1.83 bits per heavy atom. The summed E-state index contributed by atoms with van der Waals surface area (Å²) in [6, 6.07) is 26.9. The SMILES string of the molecule is Cc1cccc(C)c1OCC(C)NC(=S)NC(c1ccccc1)c1ccccc1. The van der Waals surface area contributed by atoms with Crippen LogP contribution in [0.2, 0.25) is 0 Å². The first-order valence-electron chi connectivity index (χ1n) is 9.90. The molecule has 2 N–H and O–H groups in total. The highest BCUT2D eigenvalue weighted by molar-refractivity contribution is 7.80. The molecule has 1 atom stereocenters. The molecule has 0 aliphatic rings. The highest BCUT2D eigenvalue weighted by Gasteiger charge is 2.16. The third kappa shape index (κ3) is 5.81. The number of rotatable bonds is 7. The molecule has 150 valence electrons. The van der Waals surface area contributed by atoms with Gasteiger partial charge in [0.2, 0.25) is 0 Å². The van der Waals surface area contributed by atoms with Gasteiger partial charge in [-0.1, -0.05) is 78.9 Å². The molecule has 1 unspecified atom stereocenters. The number of aryl methyl sites for hydroxylation is 2. The van der Waals surface area contributed by atoms with Crippen LogP contribution in [0, 0.1) is 13.8 Å². The first kappa shape index (κ1) is 20.9. The molecule has 29 heavy (non-hydrogen) atoms. The van der Waals surface area contributed by atoms with Crippen LogP contribution in [0.5, 0.6) is 5.75 Å². The molecule has 0 spiro atoms. The maximum absolute atomic E-state index is 6.05. The van der Waals surface area contributed by atoms with Gasteiger partial charge in [-0.05, 0) is 55.2 Å². The van der Waals surface area contributed by atoms with Gasteiger partial charge in [0.05, 0.1) is 12.1 Å². The molecule has 0 heterocycles. The second kappa shape index (κ2) is 10.1. The summed E-state index contributed by atoms with van der Waals surface area (Å²) in [6.45, 7) is 6.74. The number of thiocarbonyl (C=S) groups is 1. The Labute approximate surface area is 179 Å². The minimum absolute atomic E-state index is 0.0101. The van der Waals surface area contributed by atoms with Crippen LogP contribution >= 0.6 is 12.2 Å². The fraction of sp³-hybridized carbons (Fsp3) is 0.240. The van der Waals surface area contributed by atoms with Gasteiger partial charge in [-0.25, -0.2) is 0 Å². The number of hydrogen-bond donors (Lipinski definition) is 2. The zero-order valence-electron chi connectivity index (χ0n) is 17.2. The Morgan fingerprint density at radius 1 is 0.793 bits per heavy atom. The van der Waals surface area contributed by atoms with Crippen LogP contribution in [0.15, 0.2) is 78.9 Å². The van der Waals surface area contributed by atoms with Crippen LogP contribution in [0.25, 0.3) is 0 Å². The number of hydrogen-bond acceptors (Lipinski definition) is 2. The lowest BCUT2D eigenvalue weighted by Gasteiger charge is -2.24. The molecule has 3 aromatic rings. The van der Waals surface area contributed by atoms with Gasteiger partial charge in [-0.15, -0.1) is 0 Å². The van der Waals surface area contributed by atoms with Crippen LogP contribution in [0.3, 0.4) is 0 Å². The Kier molecular flexibility index (Phi) is 7.25. The normalized spacial score (nSPS) is 11.7. The maximum atomic E-state index is 6.05. The van der Waals surface area contributed by atoms with E-state index in [4.69, 9.17) is 17.0 Å². The topological polar surface area (TPSA) is 33.3 Å². The summed E-state index contributed by atoms with van der Waals surface area (Å²) in [5, 5.41) is 7.43. The zero-order chi connectivity index (χ0) is 20.6. The lowest BCUT2D eigenvalue weighted by molar-refractivity contribution is 0.282. The van der Waals surface area contributed by atoms with Crippen LogP contribution in [0.4, 0.5) is 0 Å². The molecule has 3 nitrogen and oxygen atoms in total. The number of benzene rings is 3. The van der Waals surface area contributed by atoms with Crippen molar-refractivity contribution in [3.05, 3.63) is 101 Å². The Morgan fingerprint density at radius 2 is 1.31 bits per heavy atom.